The number of aliphatic hydroxyl groups is 2. The van der Waals surface area contributed by atoms with Crippen LogP contribution >= 0.6 is 34.0 Å². The number of ether oxygens (including phenoxy) is 10. The second-order valence-corrected chi connectivity index (χ2v) is 37.7. The minimum Gasteiger partial charge on any atom is -0.477 e. The Bertz CT molecular complexity index is 5710. The zero-order chi connectivity index (χ0) is 102. The summed E-state index contributed by atoms with van der Waals surface area (Å²) < 4.78 is 66.9. The fourth-order valence-corrected chi connectivity index (χ4v) is 15.9. The molecule has 5 saturated heterocycles. The average Bonchev–Trinajstić information content (AvgIpc) is 1.84. The molecule has 0 aromatic carbocycles. The van der Waals surface area contributed by atoms with Crippen LogP contribution in [0.1, 0.15) is 126 Å². The highest BCUT2D eigenvalue weighted by Crippen LogP contribution is 2.29. The molecule has 8 N–H and O–H groups in total. The zero-order valence-electron chi connectivity index (χ0n) is 84.0. The fourth-order valence-electron chi connectivity index (χ4n) is 13.5. The molecule has 0 saturated carbocycles. The first-order chi connectivity index (χ1) is 70.5. The first kappa shape index (κ1) is 109. The number of hydrogen-bond donors (Lipinski definition) is 8. The minimum absolute atomic E-state index is 0.0728. The quantitative estimate of drug-likeness (QED) is 0.0100. The van der Waals surface area contributed by atoms with Gasteiger partial charge in [-0.25, -0.2) is 25.8 Å². The summed E-state index contributed by atoms with van der Waals surface area (Å²) >= 11 is 5.03. The number of nitrogens with one attached hydrogen (secondary N) is 6. The number of nitrogens with zero attached hydrogens (tertiary/aromatic N) is 24. The van der Waals surface area contributed by atoms with Gasteiger partial charge in [-0.1, -0.05) is 32.9 Å². The Hall–Kier alpha value is -13.8. The third kappa shape index (κ3) is 37.7. The molecule has 0 spiro atoms. The predicted octanol–water partition coefficient (Wildman–Crippen LogP) is 11.8. The SMILES string of the molecule is CCc1ccc(N/N=C/c2cc(OCC(C)(C)O)nc(N3CCOCC3)n2)s1.CCc1ccc(N/N=C/c2cc(OCCNC)nc(N3CCOCC3)n2)s1.CCc1ccc(N/N=C/c2nc(OCC(C)(C)O)nc(N3CCOCC3)n2)s1.Cc1cc(N/N=C/c2nc(OCCc3ccccn3)cc(N3CCOCC3)n2)oc1C.Cc1cc(N/N=C/c2nc(OCCc3ccccn3)nc(N3CCOCC3)n2)oc1C. The second kappa shape index (κ2) is 57.1. The molecule has 5 fully saturated rings. The molecule has 17 heterocycles. The van der Waals surface area contributed by atoms with E-state index in [-0.39, 0.29) is 25.2 Å². The number of aryl methyl sites for hydroxylation is 7. The van der Waals surface area contributed by atoms with Gasteiger partial charge in [0.15, 0.2) is 17.5 Å². The van der Waals surface area contributed by atoms with Crippen LogP contribution in [0.25, 0.3) is 0 Å². The number of thiophene rings is 3. The molecular formula is C98H130N30O14S3. The van der Waals surface area contributed by atoms with E-state index >= 15 is 0 Å². The number of pyridine rings is 2. The number of hydrogen-bond acceptors (Lipinski definition) is 47. The van der Waals surface area contributed by atoms with Crippen molar-refractivity contribution in [1.82, 2.24) is 75.1 Å². The number of morpholine rings is 5. The van der Waals surface area contributed by atoms with E-state index in [2.05, 4.69) is 181 Å². The van der Waals surface area contributed by atoms with Crippen LogP contribution in [0.4, 0.5) is 56.4 Å². The molecule has 0 radical (unpaired) electrons. The maximum atomic E-state index is 9.93. The van der Waals surface area contributed by atoms with Crippen molar-refractivity contribution in [2.45, 2.75) is 119 Å². The lowest BCUT2D eigenvalue weighted by molar-refractivity contribution is 0.0248. The van der Waals surface area contributed by atoms with Crippen LogP contribution in [-0.4, -0.2) is 300 Å². The van der Waals surface area contributed by atoms with E-state index in [0.717, 1.165) is 120 Å². The Labute approximate surface area is 855 Å². The third-order valence-corrected chi connectivity index (χ3v) is 24.8. The van der Waals surface area contributed by atoms with Crippen LogP contribution < -0.4 is 80.6 Å². The van der Waals surface area contributed by atoms with Gasteiger partial charge in [0, 0.05) is 154 Å². The number of furan rings is 2. The summed E-state index contributed by atoms with van der Waals surface area (Å²) in [6.45, 7) is 37.0. The van der Waals surface area contributed by atoms with Gasteiger partial charge in [0.05, 0.1) is 133 Å². The Morgan fingerprint density at radius 3 is 1.13 bits per heavy atom. The number of aromatic nitrogens is 14. The van der Waals surface area contributed by atoms with Gasteiger partial charge in [-0.2, -0.15) is 70.4 Å². The van der Waals surface area contributed by atoms with Crippen molar-refractivity contribution in [2.24, 2.45) is 25.5 Å². The smallest absolute Gasteiger partial charge is 0.321 e. The molecule has 12 aromatic rings. The third-order valence-electron chi connectivity index (χ3n) is 21.4. The van der Waals surface area contributed by atoms with E-state index in [0.29, 0.717) is 207 Å². The maximum absolute atomic E-state index is 9.93. The van der Waals surface area contributed by atoms with Crippen molar-refractivity contribution in [3.05, 3.63) is 193 Å². The van der Waals surface area contributed by atoms with Crippen LogP contribution in [0.15, 0.2) is 150 Å². The van der Waals surface area contributed by atoms with E-state index in [9.17, 15) is 10.2 Å². The summed E-state index contributed by atoms with van der Waals surface area (Å²) in [7, 11) is 1.89. The lowest BCUT2D eigenvalue weighted by atomic mass is 10.2. The lowest BCUT2D eigenvalue weighted by Gasteiger charge is -2.28. The Kier molecular flexibility index (Phi) is 42.7. The predicted molar refractivity (Wildman–Crippen MR) is 564 cm³/mol. The maximum Gasteiger partial charge on any atom is 0.321 e. The van der Waals surface area contributed by atoms with E-state index in [1.807, 2.05) is 117 Å². The molecule has 5 aliphatic rings. The van der Waals surface area contributed by atoms with Gasteiger partial charge in [-0.15, -0.1) is 34.0 Å². The lowest BCUT2D eigenvalue weighted by Crippen LogP contribution is -2.37. The van der Waals surface area contributed by atoms with Gasteiger partial charge in [0.2, 0.25) is 53.2 Å². The molecule has 5 aliphatic heterocycles. The number of anilines is 10. The highest BCUT2D eigenvalue weighted by atomic mass is 32.1. The van der Waals surface area contributed by atoms with Crippen molar-refractivity contribution in [3.63, 3.8) is 0 Å². The van der Waals surface area contributed by atoms with Crippen molar-refractivity contribution in [1.29, 1.82) is 0 Å². The van der Waals surface area contributed by atoms with Crippen LogP contribution in [0, 0.1) is 27.7 Å². The monoisotopic (exact) mass is 2050 g/mol. The summed E-state index contributed by atoms with van der Waals surface area (Å²) in [5.41, 5.74) is 18.2. The molecule has 12 aromatic heterocycles. The summed E-state index contributed by atoms with van der Waals surface area (Å²) in [6.07, 6.45) is 15.9. The highest BCUT2D eigenvalue weighted by molar-refractivity contribution is 7.16. The molecule has 47 heteroatoms. The van der Waals surface area contributed by atoms with Crippen LogP contribution in [-0.2, 0) is 55.8 Å². The Morgan fingerprint density at radius 1 is 0.379 bits per heavy atom. The van der Waals surface area contributed by atoms with Crippen molar-refractivity contribution < 1.29 is 66.4 Å². The number of hydrazone groups is 5. The standard InChI is InChI=1S/C22H26N6O3.C21H25N7O3.C19H27N5O3S.C18H26N6O3S.C18H26N6O2S/c1-16-13-22(31-17(16)2)27-24-15-19-25-20(28-8-11-29-12-9-28)14-21(26-19)30-10-6-18-5-3-4-7-23-18;1-15-13-19(31-16(15)2)27-23-14-18-24-20(28-8-11-29-12-9-28)26-21(25-18)30-10-6-17-5-3-4-7-22-17;1-4-15-5-6-17(28-15)23-20-12-14-11-16(27-13-19(2,3)25)22-18(21-14)24-7-9-26-10-8-24;1-4-13-5-6-15(28-13)23-19-11-14-20-16(24-7-9-26-10-8-24)22-17(21-14)27-12-18(2,3)25;1-3-15-4-5-17(27-15)23-20-13-14-12-16(26-9-6-19-2)22-18(21-14)24-7-10-25-11-8-24/h3-5,7,13-15,27H,6,8-12H2,1-2H3;3-5,7,13-14,27H,6,8-12H2,1-2H3;5-6,11-12,23,25H,4,7-10,13H2,1-3H3;5-6,11,23,25H,4,7-10,12H2,1-3H3;4-5,12-13,19,23H,3,6-11H2,1-2H3/b24-15+;23-14+;20-12+;19-11+;20-13+. The minimum atomic E-state index is -0.988. The van der Waals surface area contributed by atoms with Gasteiger partial charge in [-0.3, -0.25) is 26.2 Å². The van der Waals surface area contributed by atoms with E-state index < -0.39 is 11.2 Å². The van der Waals surface area contributed by atoms with E-state index in [1.54, 1.807) is 105 Å². The summed E-state index contributed by atoms with van der Waals surface area (Å²) in [5, 5.41) is 47.1. The van der Waals surface area contributed by atoms with Gasteiger partial charge >= 0.3 is 12.0 Å². The summed E-state index contributed by atoms with van der Waals surface area (Å²) in [5.74, 6) is 8.54. The van der Waals surface area contributed by atoms with Gasteiger partial charge < -0.3 is 96.2 Å². The topological polar surface area (TPSA) is 490 Å². The molecule has 44 nitrogen and oxygen atoms in total. The van der Waals surface area contributed by atoms with Crippen LogP contribution in [0.5, 0.6) is 29.7 Å². The molecule has 0 aliphatic carbocycles. The molecule has 17 rings (SSSR count). The van der Waals surface area contributed by atoms with E-state index in [1.165, 1.54) is 27.1 Å². The van der Waals surface area contributed by atoms with Crippen LogP contribution in [0.3, 0.4) is 0 Å². The van der Waals surface area contributed by atoms with Gasteiger partial charge in [0.25, 0.3) is 0 Å². The highest BCUT2D eigenvalue weighted by Gasteiger charge is 2.25. The normalized spacial score (nSPS) is 14.7. The molecule has 0 unspecified atom stereocenters. The van der Waals surface area contributed by atoms with Gasteiger partial charge in [-0.05, 0) is 153 Å². The van der Waals surface area contributed by atoms with Crippen molar-refractivity contribution in [3.8, 4) is 29.7 Å². The molecule has 774 valence electrons. The Morgan fingerprint density at radius 2 is 0.745 bits per heavy atom. The summed E-state index contributed by atoms with van der Waals surface area (Å²) in [6, 6.07) is 33.5. The van der Waals surface area contributed by atoms with E-state index in [4.69, 9.17) is 56.2 Å². The van der Waals surface area contributed by atoms with Crippen LogP contribution in [0.2, 0.25) is 0 Å². The fraction of sp³-hybridized carbons (Fsp3) is 0.459. The van der Waals surface area contributed by atoms with Crippen molar-refractivity contribution >= 4 is 121 Å². The largest absolute Gasteiger partial charge is 0.477 e. The summed E-state index contributed by atoms with van der Waals surface area (Å²) in [4.78, 5) is 76.7. The molecule has 0 bridgehead atoms. The molecule has 0 amide bonds. The first-order valence-corrected chi connectivity index (χ1v) is 50.6. The van der Waals surface area contributed by atoms with Crippen molar-refractivity contribution in [2.75, 3.05) is 230 Å². The molecule has 0 atom stereocenters. The molecule has 145 heavy (non-hydrogen) atoms. The zero-order valence-corrected chi connectivity index (χ0v) is 86.5. The average molecular weight is 2050 g/mol. The number of likely N-dealkylation sites (N-methyl/N-ethyl adjacent to an activating group) is 1. The number of rotatable bonds is 41. The molecular weight excluding hydrogens is 1920 g/mol. The Balaban J connectivity index is 0.000000152. The first-order valence-electron chi connectivity index (χ1n) is 48.2. The second-order valence-electron chi connectivity index (χ2n) is 34.2. The van der Waals surface area contributed by atoms with Gasteiger partial charge in [0.1, 0.15) is 52.2 Å².